The number of nitrogens with two attached hydrogens (primary N) is 1. The lowest BCUT2D eigenvalue weighted by atomic mass is 9.87. The number of rotatable bonds is 4. The normalized spacial score (nSPS) is 12.6. The van der Waals surface area contributed by atoms with Crippen LogP contribution < -0.4 is 5.73 Å². The number of aromatic hydroxyl groups is 1. The van der Waals surface area contributed by atoms with E-state index in [0.29, 0.717) is 16.6 Å². The Kier molecular flexibility index (Phi) is 5.48. The summed E-state index contributed by atoms with van der Waals surface area (Å²) in [6, 6.07) is 3.64. The van der Waals surface area contributed by atoms with Gasteiger partial charge >= 0.3 is 0 Å². The van der Waals surface area contributed by atoms with E-state index < -0.39 is 5.91 Å². The van der Waals surface area contributed by atoms with Crippen LogP contribution in [0.3, 0.4) is 0 Å². The number of nitrogens with zero attached hydrogens (tertiary/aromatic N) is 1. The zero-order valence-corrected chi connectivity index (χ0v) is 18.5. The average Bonchev–Trinajstić information content (AvgIpc) is 2.96. The van der Waals surface area contributed by atoms with Gasteiger partial charge in [-0.15, -0.1) is 0 Å². The molecule has 1 aliphatic carbocycles. The molecule has 0 unspecified atom stereocenters. The first kappa shape index (κ1) is 20.3. The summed E-state index contributed by atoms with van der Waals surface area (Å²) in [4.78, 5) is 17.0. The molecule has 2 aromatic rings. The summed E-state index contributed by atoms with van der Waals surface area (Å²) in [6.07, 6.45) is 3.47. The van der Waals surface area contributed by atoms with Gasteiger partial charge in [-0.2, -0.15) is 0 Å². The molecule has 0 spiro atoms. The van der Waals surface area contributed by atoms with Gasteiger partial charge < -0.3 is 10.8 Å². The van der Waals surface area contributed by atoms with Crippen LogP contribution in [0.2, 0.25) is 0 Å². The Morgan fingerprint density at radius 3 is 2.50 bits per heavy atom. The molecule has 0 aliphatic heterocycles. The predicted molar refractivity (Wildman–Crippen MR) is 117 cm³/mol. The molecule has 0 saturated carbocycles. The molecule has 1 amide bonds. The Balaban J connectivity index is 2.33. The molecule has 0 saturated heterocycles. The Morgan fingerprint density at radius 2 is 1.89 bits per heavy atom. The average molecular weight is 441 g/mol. The SMILES string of the molecule is CC1=Cc2nc(Br)c(C(C(N)=O)=C(C)C)c(Cc3c(C)ccc(O)c3C)c2C1. The van der Waals surface area contributed by atoms with E-state index in [2.05, 4.69) is 28.9 Å². The smallest absolute Gasteiger partial charge is 0.249 e. The molecule has 4 nitrogen and oxygen atoms in total. The molecule has 146 valence electrons. The maximum absolute atomic E-state index is 12.3. The van der Waals surface area contributed by atoms with E-state index in [4.69, 9.17) is 10.7 Å². The zero-order valence-electron chi connectivity index (χ0n) is 16.9. The molecular weight excluding hydrogens is 416 g/mol. The van der Waals surface area contributed by atoms with Crippen molar-refractivity contribution in [3.05, 3.63) is 67.0 Å². The zero-order chi connectivity index (χ0) is 20.7. The number of hydrogen-bond donors (Lipinski definition) is 2. The van der Waals surface area contributed by atoms with E-state index in [1.165, 1.54) is 5.57 Å². The van der Waals surface area contributed by atoms with Gasteiger partial charge in [0.15, 0.2) is 0 Å². The van der Waals surface area contributed by atoms with Crippen LogP contribution in [0.15, 0.2) is 27.9 Å². The Hall–Kier alpha value is -2.40. The summed E-state index contributed by atoms with van der Waals surface area (Å²) in [7, 11) is 0. The van der Waals surface area contributed by atoms with E-state index in [1.54, 1.807) is 6.07 Å². The number of phenols is 1. The summed E-state index contributed by atoms with van der Waals surface area (Å²) in [5, 5.41) is 10.2. The standard InChI is InChI=1S/C23H25BrN2O2/c1-11(2)20(23(25)28)21-17(10-15-13(4)6-7-19(27)14(15)5)16-8-12(3)9-18(16)26-22(21)24/h6-7,9,27H,8,10H2,1-5H3,(H2,25,28). The monoisotopic (exact) mass is 440 g/mol. The lowest BCUT2D eigenvalue weighted by Gasteiger charge is -2.20. The molecule has 0 radical (unpaired) electrons. The molecule has 0 fully saturated rings. The number of amides is 1. The van der Waals surface area contributed by atoms with Gasteiger partial charge in [0.2, 0.25) is 5.91 Å². The highest BCUT2D eigenvalue weighted by Gasteiger charge is 2.27. The van der Waals surface area contributed by atoms with Gasteiger partial charge in [0.05, 0.1) is 5.69 Å². The number of fused-ring (bicyclic) bond motifs is 1. The number of allylic oxidation sites excluding steroid dienone is 2. The van der Waals surface area contributed by atoms with E-state index in [1.807, 2.05) is 33.8 Å². The Labute approximate surface area is 174 Å². The van der Waals surface area contributed by atoms with Crippen LogP contribution in [0, 0.1) is 13.8 Å². The number of halogens is 1. The highest BCUT2D eigenvalue weighted by molar-refractivity contribution is 9.10. The van der Waals surface area contributed by atoms with Gasteiger partial charge in [0.1, 0.15) is 10.4 Å². The maximum Gasteiger partial charge on any atom is 0.249 e. The first-order valence-electron chi connectivity index (χ1n) is 9.25. The van der Waals surface area contributed by atoms with Crippen molar-refractivity contribution in [3.63, 3.8) is 0 Å². The summed E-state index contributed by atoms with van der Waals surface area (Å²) < 4.78 is 0.623. The fourth-order valence-electron chi connectivity index (χ4n) is 3.94. The molecule has 1 aromatic carbocycles. The molecular formula is C23H25BrN2O2. The van der Waals surface area contributed by atoms with Crippen molar-refractivity contribution in [3.8, 4) is 5.75 Å². The van der Waals surface area contributed by atoms with Crippen molar-refractivity contribution in [2.75, 3.05) is 0 Å². The topological polar surface area (TPSA) is 76.2 Å². The summed E-state index contributed by atoms with van der Waals surface area (Å²) >= 11 is 3.59. The number of aromatic nitrogens is 1. The van der Waals surface area contributed by atoms with E-state index in [0.717, 1.165) is 51.1 Å². The van der Waals surface area contributed by atoms with Crippen LogP contribution in [0.4, 0.5) is 0 Å². The number of pyridine rings is 1. The van der Waals surface area contributed by atoms with Crippen molar-refractivity contribution in [1.82, 2.24) is 4.98 Å². The van der Waals surface area contributed by atoms with Gasteiger partial charge in [-0.25, -0.2) is 4.98 Å². The molecule has 28 heavy (non-hydrogen) atoms. The van der Waals surface area contributed by atoms with Crippen molar-refractivity contribution < 1.29 is 9.90 Å². The molecule has 1 heterocycles. The third-order valence-electron chi connectivity index (χ3n) is 5.39. The quantitative estimate of drug-likeness (QED) is 0.518. The van der Waals surface area contributed by atoms with Crippen LogP contribution >= 0.6 is 15.9 Å². The van der Waals surface area contributed by atoms with Crippen LogP contribution in [-0.4, -0.2) is 16.0 Å². The third-order valence-corrected chi connectivity index (χ3v) is 5.97. The third kappa shape index (κ3) is 3.51. The molecule has 1 aliphatic rings. The van der Waals surface area contributed by atoms with Gasteiger partial charge in [-0.05, 0) is 103 Å². The van der Waals surface area contributed by atoms with Gasteiger partial charge in [0, 0.05) is 11.1 Å². The minimum Gasteiger partial charge on any atom is -0.508 e. The Morgan fingerprint density at radius 1 is 1.21 bits per heavy atom. The van der Waals surface area contributed by atoms with E-state index >= 15 is 0 Å². The predicted octanol–water partition coefficient (Wildman–Crippen LogP) is 5.00. The van der Waals surface area contributed by atoms with Crippen molar-refractivity contribution in [2.45, 2.75) is 47.5 Å². The number of hydrogen-bond acceptors (Lipinski definition) is 3. The summed E-state index contributed by atoms with van der Waals surface area (Å²) in [5.41, 5.74) is 15.2. The van der Waals surface area contributed by atoms with Crippen LogP contribution in [0.1, 0.15) is 59.8 Å². The highest BCUT2D eigenvalue weighted by atomic mass is 79.9. The number of phenolic OH excluding ortho intramolecular Hbond substituents is 1. The molecule has 5 heteroatoms. The Bertz CT molecular complexity index is 1060. The van der Waals surface area contributed by atoms with Gasteiger partial charge in [-0.3, -0.25) is 4.79 Å². The lowest BCUT2D eigenvalue weighted by molar-refractivity contribution is -0.112. The van der Waals surface area contributed by atoms with E-state index in [-0.39, 0.29) is 5.75 Å². The number of carbonyl (C=O) groups is 1. The number of primary amides is 1. The second-order valence-corrected chi connectivity index (χ2v) is 8.46. The largest absolute Gasteiger partial charge is 0.508 e. The lowest BCUT2D eigenvalue weighted by Crippen LogP contribution is -2.18. The molecule has 0 bridgehead atoms. The van der Waals surface area contributed by atoms with Gasteiger partial charge in [-0.1, -0.05) is 17.2 Å². The van der Waals surface area contributed by atoms with Crippen LogP contribution in [0.5, 0.6) is 5.75 Å². The minimum absolute atomic E-state index is 0.276. The fourth-order valence-corrected chi connectivity index (χ4v) is 4.56. The minimum atomic E-state index is -0.462. The second-order valence-electron chi connectivity index (χ2n) is 7.71. The maximum atomic E-state index is 12.3. The first-order valence-corrected chi connectivity index (χ1v) is 10.0. The molecule has 3 N–H and O–H groups in total. The highest BCUT2D eigenvalue weighted by Crippen LogP contribution is 2.39. The number of benzene rings is 1. The van der Waals surface area contributed by atoms with Gasteiger partial charge in [0.25, 0.3) is 0 Å². The molecule has 0 atom stereocenters. The fraction of sp³-hybridized carbons (Fsp3) is 0.304. The van der Waals surface area contributed by atoms with Crippen molar-refractivity contribution in [1.29, 1.82) is 0 Å². The van der Waals surface area contributed by atoms with Crippen molar-refractivity contribution >= 4 is 33.5 Å². The summed E-state index contributed by atoms with van der Waals surface area (Å²) in [6.45, 7) is 9.82. The molecule has 1 aromatic heterocycles. The first-order chi connectivity index (χ1) is 13.1. The van der Waals surface area contributed by atoms with Crippen LogP contribution in [0.25, 0.3) is 11.6 Å². The number of aryl methyl sites for hydroxylation is 1. The molecule has 3 rings (SSSR count). The van der Waals surface area contributed by atoms with E-state index in [9.17, 15) is 9.90 Å². The van der Waals surface area contributed by atoms with Crippen molar-refractivity contribution in [2.24, 2.45) is 5.73 Å². The van der Waals surface area contributed by atoms with Crippen LogP contribution in [-0.2, 0) is 17.6 Å². The summed E-state index contributed by atoms with van der Waals surface area (Å²) in [5.74, 6) is -0.186. The number of carbonyl (C=O) groups excluding carboxylic acids is 1. The second kappa shape index (κ2) is 7.55.